The molecule has 20 heavy (non-hydrogen) atoms. The highest BCUT2D eigenvalue weighted by molar-refractivity contribution is 7.92. The van der Waals surface area contributed by atoms with Crippen LogP contribution in [-0.2, 0) is 21.2 Å². The summed E-state index contributed by atoms with van der Waals surface area (Å²) < 4.78 is 24.0. The lowest BCUT2D eigenvalue weighted by molar-refractivity contribution is -0.120. The van der Waals surface area contributed by atoms with Crippen LogP contribution in [0.15, 0.2) is 24.5 Å². The van der Waals surface area contributed by atoms with E-state index in [4.69, 9.17) is 0 Å². The van der Waals surface area contributed by atoms with Gasteiger partial charge in [-0.1, -0.05) is 18.9 Å². The van der Waals surface area contributed by atoms with Gasteiger partial charge in [0.1, 0.15) is 0 Å². The molecule has 0 radical (unpaired) electrons. The first-order chi connectivity index (χ1) is 9.58. The summed E-state index contributed by atoms with van der Waals surface area (Å²) in [6, 6.07) is 3.66. The molecule has 1 heterocycles. The fourth-order valence-electron chi connectivity index (χ4n) is 2.44. The highest BCUT2D eigenvalue weighted by atomic mass is 32.2. The summed E-state index contributed by atoms with van der Waals surface area (Å²) in [5.41, 5.74) is 0.902. The van der Waals surface area contributed by atoms with Crippen LogP contribution < -0.4 is 5.32 Å². The van der Waals surface area contributed by atoms with Gasteiger partial charge in [-0.3, -0.25) is 9.78 Å². The molecule has 1 aromatic heterocycles. The topological polar surface area (TPSA) is 76.1 Å². The normalized spacial score (nSPS) is 16.2. The van der Waals surface area contributed by atoms with E-state index >= 15 is 0 Å². The number of pyridine rings is 1. The van der Waals surface area contributed by atoms with Crippen LogP contribution in [0, 0.1) is 0 Å². The van der Waals surface area contributed by atoms with Gasteiger partial charge in [-0.05, 0) is 24.5 Å². The molecule has 1 aliphatic rings. The fourth-order valence-corrected chi connectivity index (χ4v) is 4.30. The molecule has 0 aromatic carbocycles. The molecule has 6 heteroatoms. The molecule has 0 unspecified atom stereocenters. The zero-order chi connectivity index (χ0) is 14.4. The average Bonchev–Trinajstić information content (AvgIpc) is 2.99. The molecule has 2 rings (SSSR count). The van der Waals surface area contributed by atoms with Crippen molar-refractivity contribution in [1.29, 1.82) is 0 Å². The second kappa shape index (κ2) is 6.83. The van der Waals surface area contributed by atoms with E-state index in [1.165, 1.54) is 0 Å². The average molecular weight is 296 g/mol. The van der Waals surface area contributed by atoms with Gasteiger partial charge < -0.3 is 5.32 Å². The van der Waals surface area contributed by atoms with E-state index in [-0.39, 0.29) is 23.3 Å². The fraction of sp³-hybridized carbons (Fsp3) is 0.571. The van der Waals surface area contributed by atoms with Crippen LogP contribution in [-0.4, -0.2) is 30.3 Å². The van der Waals surface area contributed by atoms with Crippen LogP contribution in [0.25, 0.3) is 0 Å². The molecule has 110 valence electrons. The van der Waals surface area contributed by atoms with Crippen molar-refractivity contribution in [2.75, 3.05) is 5.75 Å². The Bertz CT molecular complexity index is 537. The molecule has 0 atom stereocenters. The maximum Gasteiger partial charge on any atom is 0.221 e. The van der Waals surface area contributed by atoms with Gasteiger partial charge in [0.15, 0.2) is 9.84 Å². The predicted octanol–water partition coefficient (Wildman–Crippen LogP) is 1.45. The van der Waals surface area contributed by atoms with Gasteiger partial charge in [0.25, 0.3) is 0 Å². The van der Waals surface area contributed by atoms with E-state index < -0.39 is 9.84 Å². The number of sulfone groups is 1. The Morgan fingerprint density at radius 3 is 2.75 bits per heavy atom. The van der Waals surface area contributed by atoms with E-state index in [0.29, 0.717) is 6.54 Å². The first-order valence-corrected chi connectivity index (χ1v) is 8.66. The maximum absolute atomic E-state index is 12.0. The van der Waals surface area contributed by atoms with Crippen LogP contribution in [0.1, 0.15) is 37.7 Å². The third-order valence-corrected chi connectivity index (χ3v) is 5.90. The molecule has 0 bridgehead atoms. The SMILES string of the molecule is O=C(CCS(=O)(=O)C1CCCC1)NCc1cccnc1. The van der Waals surface area contributed by atoms with Gasteiger partial charge in [0, 0.05) is 25.4 Å². The molecule has 0 saturated heterocycles. The third-order valence-electron chi connectivity index (χ3n) is 3.64. The lowest BCUT2D eigenvalue weighted by Crippen LogP contribution is -2.28. The number of nitrogens with zero attached hydrogens (tertiary/aromatic N) is 1. The first kappa shape index (κ1) is 15.0. The van der Waals surface area contributed by atoms with Crippen LogP contribution in [0.2, 0.25) is 0 Å². The summed E-state index contributed by atoms with van der Waals surface area (Å²) in [6.45, 7) is 0.385. The number of hydrogen-bond donors (Lipinski definition) is 1. The van der Waals surface area contributed by atoms with E-state index in [1.807, 2.05) is 6.07 Å². The van der Waals surface area contributed by atoms with E-state index in [2.05, 4.69) is 10.3 Å². The summed E-state index contributed by atoms with van der Waals surface area (Å²) in [7, 11) is -3.11. The van der Waals surface area contributed by atoms with Crippen molar-refractivity contribution in [2.24, 2.45) is 0 Å². The molecule has 5 nitrogen and oxygen atoms in total. The van der Waals surface area contributed by atoms with Crippen LogP contribution in [0.4, 0.5) is 0 Å². The van der Waals surface area contributed by atoms with Crippen LogP contribution in [0.3, 0.4) is 0 Å². The van der Waals surface area contributed by atoms with Gasteiger partial charge in [0.05, 0.1) is 11.0 Å². The van der Waals surface area contributed by atoms with Crippen molar-refractivity contribution in [3.8, 4) is 0 Å². The van der Waals surface area contributed by atoms with E-state index in [0.717, 1.165) is 31.2 Å². The zero-order valence-electron chi connectivity index (χ0n) is 11.4. The standard InChI is InChI=1S/C14H20N2O3S/c17-14(16-11-12-4-3-8-15-10-12)7-9-20(18,19)13-5-1-2-6-13/h3-4,8,10,13H,1-2,5-7,9,11H2,(H,16,17). The Kier molecular flexibility index (Phi) is 5.11. The smallest absolute Gasteiger partial charge is 0.221 e. The lowest BCUT2D eigenvalue weighted by Gasteiger charge is -2.10. The molecule has 0 spiro atoms. The Morgan fingerprint density at radius 1 is 1.35 bits per heavy atom. The number of hydrogen-bond acceptors (Lipinski definition) is 4. The van der Waals surface area contributed by atoms with Gasteiger partial charge in [-0.15, -0.1) is 0 Å². The molecular weight excluding hydrogens is 276 g/mol. The maximum atomic E-state index is 12.0. The minimum absolute atomic E-state index is 0.0408. The molecule has 1 aromatic rings. The minimum Gasteiger partial charge on any atom is -0.352 e. The molecule has 1 saturated carbocycles. The molecule has 1 N–H and O–H groups in total. The summed E-state index contributed by atoms with van der Waals surface area (Å²) in [5.74, 6) is -0.272. The van der Waals surface area contributed by atoms with Gasteiger partial charge in [-0.2, -0.15) is 0 Å². The Hall–Kier alpha value is -1.43. The van der Waals surface area contributed by atoms with Gasteiger partial charge in [0.2, 0.25) is 5.91 Å². The quantitative estimate of drug-likeness (QED) is 0.862. The number of nitrogens with one attached hydrogen (secondary N) is 1. The van der Waals surface area contributed by atoms with Crippen LogP contribution >= 0.6 is 0 Å². The van der Waals surface area contributed by atoms with Gasteiger partial charge >= 0.3 is 0 Å². The largest absolute Gasteiger partial charge is 0.352 e. The van der Waals surface area contributed by atoms with Crippen molar-refractivity contribution in [3.05, 3.63) is 30.1 Å². The number of carbonyl (C=O) groups is 1. The summed E-state index contributed by atoms with van der Waals surface area (Å²) in [6.07, 6.45) is 6.85. The summed E-state index contributed by atoms with van der Waals surface area (Å²) in [5, 5.41) is 2.49. The second-order valence-electron chi connectivity index (χ2n) is 5.16. The van der Waals surface area contributed by atoms with E-state index in [9.17, 15) is 13.2 Å². The summed E-state index contributed by atoms with van der Waals surface area (Å²) in [4.78, 5) is 15.6. The van der Waals surface area contributed by atoms with Crippen molar-refractivity contribution in [2.45, 2.75) is 43.9 Å². The van der Waals surface area contributed by atoms with Crippen molar-refractivity contribution in [1.82, 2.24) is 10.3 Å². The first-order valence-electron chi connectivity index (χ1n) is 6.95. The molecule has 1 aliphatic carbocycles. The number of amides is 1. The van der Waals surface area contributed by atoms with E-state index in [1.54, 1.807) is 18.5 Å². The van der Waals surface area contributed by atoms with Crippen LogP contribution in [0.5, 0.6) is 0 Å². The predicted molar refractivity (Wildman–Crippen MR) is 76.7 cm³/mol. The van der Waals surface area contributed by atoms with Gasteiger partial charge in [-0.25, -0.2) is 8.42 Å². The minimum atomic E-state index is -3.11. The van der Waals surface area contributed by atoms with Crippen molar-refractivity contribution < 1.29 is 13.2 Å². The summed E-state index contributed by atoms with van der Waals surface area (Å²) >= 11 is 0. The molecular formula is C14H20N2O3S. The number of carbonyl (C=O) groups excluding carboxylic acids is 1. The Morgan fingerprint density at radius 2 is 2.10 bits per heavy atom. The second-order valence-corrected chi connectivity index (χ2v) is 7.56. The highest BCUT2D eigenvalue weighted by Crippen LogP contribution is 2.25. The van der Waals surface area contributed by atoms with Crippen molar-refractivity contribution >= 4 is 15.7 Å². The monoisotopic (exact) mass is 296 g/mol. The zero-order valence-corrected chi connectivity index (χ0v) is 12.2. The third kappa shape index (κ3) is 4.30. The lowest BCUT2D eigenvalue weighted by atomic mass is 10.3. The number of rotatable bonds is 6. The molecule has 0 aliphatic heterocycles. The molecule has 1 amide bonds. The number of aromatic nitrogens is 1. The highest BCUT2D eigenvalue weighted by Gasteiger charge is 2.28. The molecule has 1 fully saturated rings. The Labute approximate surface area is 119 Å². The van der Waals surface area contributed by atoms with Crippen molar-refractivity contribution in [3.63, 3.8) is 0 Å². The Balaban J connectivity index is 1.75.